The summed E-state index contributed by atoms with van der Waals surface area (Å²) in [6, 6.07) is 4.08. The summed E-state index contributed by atoms with van der Waals surface area (Å²) in [6.07, 6.45) is 3.04. The molecular weight excluding hydrogens is 343 g/mol. The average Bonchev–Trinajstić information content (AvgIpc) is 2.78. The second kappa shape index (κ2) is 6.59. The van der Waals surface area contributed by atoms with Crippen LogP contribution in [-0.4, -0.2) is 27.6 Å². The van der Waals surface area contributed by atoms with E-state index in [4.69, 9.17) is 12.2 Å². The number of hydrogen-bond acceptors (Lipinski definition) is 3. The number of anilines is 1. The summed E-state index contributed by atoms with van der Waals surface area (Å²) in [7, 11) is 0. The highest BCUT2D eigenvalue weighted by Gasteiger charge is 2.52. The number of nitrogens with zero attached hydrogens (tertiary/aromatic N) is 1. The summed E-state index contributed by atoms with van der Waals surface area (Å²) < 4.78 is 13.6. The number of hydrazine groups is 1. The smallest absolute Gasteiger partial charge is 0.331 e. The van der Waals surface area contributed by atoms with E-state index in [0.717, 1.165) is 17.9 Å². The van der Waals surface area contributed by atoms with Crippen molar-refractivity contribution in [2.24, 2.45) is 5.92 Å². The molecule has 1 saturated carbocycles. The van der Waals surface area contributed by atoms with E-state index in [1.807, 2.05) is 0 Å². The Morgan fingerprint density at radius 3 is 2.68 bits per heavy atom. The van der Waals surface area contributed by atoms with Crippen molar-refractivity contribution in [1.29, 1.82) is 0 Å². The van der Waals surface area contributed by atoms with E-state index in [9.17, 15) is 14.0 Å². The fraction of sp³-hybridized carbons (Fsp3) is 0.471. The molecule has 1 spiro atoms. The second-order valence-corrected chi connectivity index (χ2v) is 7.27. The van der Waals surface area contributed by atoms with Gasteiger partial charge in [-0.25, -0.2) is 9.18 Å². The minimum absolute atomic E-state index is 0.0491. The number of benzene rings is 1. The van der Waals surface area contributed by atoms with Crippen molar-refractivity contribution in [3.63, 3.8) is 0 Å². The molecule has 0 unspecified atom stereocenters. The molecule has 1 saturated heterocycles. The molecule has 1 heterocycles. The lowest BCUT2D eigenvalue weighted by Crippen LogP contribution is -2.52. The molecule has 6 nitrogen and oxygen atoms in total. The van der Waals surface area contributed by atoms with Crippen LogP contribution in [0.3, 0.4) is 0 Å². The minimum atomic E-state index is -0.831. The van der Waals surface area contributed by atoms with Crippen molar-refractivity contribution < 1.29 is 14.0 Å². The number of urea groups is 1. The van der Waals surface area contributed by atoms with Gasteiger partial charge in [-0.15, -0.1) is 0 Å². The molecule has 1 aliphatic heterocycles. The Bertz CT molecular complexity index is 731. The maximum atomic E-state index is 13.6. The molecule has 1 aromatic carbocycles. The van der Waals surface area contributed by atoms with Gasteiger partial charge in [0, 0.05) is 5.69 Å². The molecule has 8 heteroatoms. The number of thiocarbonyl (C=S) groups is 1. The van der Waals surface area contributed by atoms with Crippen LogP contribution in [0.2, 0.25) is 0 Å². The monoisotopic (exact) mass is 364 g/mol. The highest BCUT2D eigenvalue weighted by molar-refractivity contribution is 7.80. The lowest BCUT2D eigenvalue weighted by atomic mass is 9.77. The van der Waals surface area contributed by atoms with Crippen molar-refractivity contribution in [2.45, 2.75) is 45.1 Å². The Labute approximate surface area is 151 Å². The van der Waals surface area contributed by atoms with Gasteiger partial charge in [0.05, 0.1) is 0 Å². The van der Waals surface area contributed by atoms with Gasteiger partial charge in [0.1, 0.15) is 11.4 Å². The first-order chi connectivity index (χ1) is 11.8. The highest BCUT2D eigenvalue weighted by Crippen LogP contribution is 2.35. The zero-order chi connectivity index (χ0) is 18.2. The first-order valence-corrected chi connectivity index (χ1v) is 8.72. The quantitative estimate of drug-likeness (QED) is 0.556. The van der Waals surface area contributed by atoms with Crippen LogP contribution in [0.15, 0.2) is 18.2 Å². The number of aryl methyl sites for hydroxylation is 1. The molecule has 3 amide bonds. The SMILES string of the molecule is Cc1ccc(NC(=S)NN2C(=O)NC3(CCC(C)CC3)C2=O)cc1F. The zero-order valence-electron chi connectivity index (χ0n) is 14.2. The van der Waals surface area contributed by atoms with E-state index < -0.39 is 11.6 Å². The molecule has 2 aliphatic rings. The number of halogens is 1. The van der Waals surface area contributed by atoms with Crippen LogP contribution in [-0.2, 0) is 4.79 Å². The van der Waals surface area contributed by atoms with Crippen LogP contribution < -0.4 is 16.1 Å². The summed E-state index contributed by atoms with van der Waals surface area (Å²) in [5.41, 5.74) is 2.74. The maximum Gasteiger partial charge on any atom is 0.344 e. The molecule has 3 N–H and O–H groups in total. The highest BCUT2D eigenvalue weighted by atomic mass is 32.1. The Kier molecular flexibility index (Phi) is 4.64. The van der Waals surface area contributed by atoms with Crippen molar-refractivity contribution in [1.82, 2.24) is 15.8 Å². The molecule has 0 aromatic heterocycles. The summed E-state index contributed by atoms with van der Waals surface area (Å²) in [4.78, 5) is 24.9. The lowest BCUT2D eigenvalue weighted by molar-refractivity contribution is -0.133. The zero-order valence-corrected chi connectivity index (χ0v) is 15.0. The first kappa shape index (κ1) is 17.6. The number of amides is 3. The third-order valence-corrected chi connectivity index (χ3v) is 5.13. The number of imide groups is 1. The van der Waals surface area contributed by atoms with Crippen molar-refractivity contribution in [2.75, 3.05) is 5.32 Å². The topological polar surface area (TPSA) is 73.5 Å². The number of carbonyl (C=O) groups is 2. The lowest BCUT2D eigenvalue weighted by Gasteiger charge is -2.33. The molecule has 0 atom stereocenters. The molecule has 134 valence electrons. The number of nitrogens with one attached hydrogen (secondary N) is 3. The normalized spacial score (nSPS) is 25.9. The van der Waals surface area contributed by atoms with Crippen LogP contribution >= 0.6 is 12.2 Å². The number of carbonyl (C=O) groups excluding carboxylic acids is 2. The van der Waals surface area contributed by atoms with E-state index in [2.05, 4.69) is 23.0 Å². The van der Waals surface area contributed by atoms with E-state index in [1.54, 1.807) is 19.1 Å². The van der Waals surface area contributed by atoms with E-state index in [-0.39, 0.29) is 16.8 Å². The molecule has 25 heavy (non-hydrogen) atoms. The Morgan fingerprint density at radius 1 is 1.36 bits per heavy atom. The molecule has 0 radical (unpaired) electrons. The van der Waals surface area contributed by atoms with Gasteiger partial charge in [-0.1, -0.05) is 13.0 Å². The largest absolute Gasteiger partial charge is 0.344 e. The van der Waals surface area contributed by atoms with Crippen molar-refractivity contribution >= 4 is 35.0 Å². The van der Waals surface area contributed by atoms with Crippen LogP contribution in [0, 0.1) is 18.7 Å². The summed E-state index contributed by atoms with van der Waals surface area (Å²) in [5.74, 6) is -0.127. The Balaban J connectivity index is 1.66. The number of rotatable bonds is 2. The van der Waals surface area contributed by atoms with Gasteiger partial charge in [-0.05, 0) is 68.4 Å². The van der Waals surface area contributed by atoms with Gasteiger partial charge in [0.15, 0.2) is 5.11 Å². The standard InChI is InChI=1S/C17H21FN4O2S/c1-10-5-7-17(8-6-10)14(23)22(16(24)20-17)21-15(25)19-12-4-3-11(2)13(18)9-12/h3-4,9-10H,5-8H2,1-2H3,(H,20,24)(H2,19,21,25). The molecular formula is C17H21FN4O2S. The molecule has 2 fully saturated rings. The Morgan fingerprint density at radius 2 is 2.04 bits per heavy atom. The third-order valence-electron chi connectivity index (χ3n) is 4.93. The van der Waals surface area contributed by atoms with Crippen molar-refractivity contribution in [3.05, 3.63) is 29.6 Å². The third kappa shape index (κ3) is 3.44. The summed E-state index contributed by atoms with van der Waals surface area (Å²) in [5, 5.41) is 6.55. The summed E-state index contributed by atoms with van der Waals surface area (Å²) >= 11 is 5.14. The first-order valence-electron chi connectivity index (χ1n) is 8.31. The second-order valence-electron chi connectivity index (χ2n) is 6.87. The van der Waals surface area contributed by atoms with Crippen LogP contribution in [0.5, 0.6) is 0 Å². The van der Waals surface area contributed by atoms with Gasteiger partial charge < -0.3 is 10.6 Å². The van der Waals surface area contributed by atoms with Crippen LogP contribution in [0.1, 0.15) is 38.2 Å². The van der Waals surface area contributed by atoms with Crippen LogP contribution in [0.25, 0.3) is 0 Å². The molecule has 0 bridgehead atoms. The fourth-order valence-electron chi connectivity index (χ4n) is 3.25. The molecule has 3 rings (SSSR count). The predicted molar refractivity (Wildman–Crippen MR) is 96.2 cm³/mol. The molecule has 1 aromatic rings. The van der Waals surface area contributed by atoms with Crippen molar-refractivity contribution in [3.8, 4) is 0 Å². The van der Waals surface area contributed by atoms with E-state index in [0.29, 0.717) is 30.0 Å². The van der Waals surface area contributed by atoms with Gasteiger partial charge in [0.25, 0.3) is 5.91 Å². The number of hydrogen-bond donors (Lipinski definition) is 3. The molecule has 1 aliphatic carbocycles. The van der Waals surface area contributed by atoms with Gasteiger partial charge >= 0.3 is 6.03 Å². The average molecular weight is 364 g/mol. The predicted octanol–water partition coefficient (Wildman–Crippen LogP) is 2.84. The van der Waals surface area contributed by atoms with E-state index >= 15 is 0 Å². The van der Waals surface area contributed by atoms with E-state index in [1.165, 1.54) is 6.07 Å². The van der Waals surface area contributed by atoms with Gasteiger partial charge in [-0.3, -0.25) is 10.2 Å². The van der Waals surface area contributed by atoms with Crippen LogP contribution in [0.4, 0.5) is 14.9 Å². The van der Waals surface area contributed by atoms with Gasteiger partial charge in [0.2, 0.25) is 0 Å². The maximum absolute atomic E-state index is 13.6. The minimum Gasteiger partial charge on any atom is -0.331 e. The van der Waals surface area contributed by atoms with Gasteiger partial charge in [-0.2, -0.15) is 5.01 Å². The Hall–Kier alpha value is -2.22. The summed E-state index contributed by atoms with van der Waals surface area (Å²) in [6.45, 7) is 3.80. The fourth-order valence-corrected chi connectivity index (χ4v) is 3.46.